The zero-order valence-electron chi connectivity index (χ0n) is 14.6. The normalized spacial score (nSPS) is 10.1. The number of pyridine rings is 1. The van der Waals surface area contributed by atoms with Gasteiger partial charge in [-0.25, -0.2) is 4.98 Å². The maximum atomic E-state index is 12.0. The topological polar surface area (TPSA) is 80.3 Å². The van der Waals surface area contributed by atoms with Gasteiger partial charge in [-0.1, -0.05) is 48.5 Å². The Hall–Kier alpha value is -3.67. The molecule has 3 aromatic rings. The Balaban J connectivity index is 1.45. The molecule has 2 aromatic carbocycles. The van der Waals surface area contributed by atoms with Crippen molar-refractivity contribution in [2.45, 2.75) is 6.61 Å². The summed E-state index contributed by atoms with van der Waals surface area (Å²) >= 11 is 0. The molecule has 0 aliphatic carbocycles. The largest absolute Gasteiger partial charge is 0.473 e. The summed E-state index contributed by atoms with van der Waals surface area (Å²) in [4.78, 5) is 28.0. The molecule has 0 unspecified atom stereocenters. The second-order valence-corrected chi connectivity index (χ2v) is 5.76. The van der Waals surface area contributed by atoms with E-state index in [1.807, 2.05) is 36.4 Å². The number of hydrogen-bond donors (Lipinski definition) is 2. The number of rotatable bonds is 7. The van der Waals surface area contributed by atoms with Gasteiger partial charge < -0.3 is 15.4 Å². The molecule has 27 heavy (non-hydrogen) atoms. The molecule has 3 rings (SSSR count). The highest BCUT2D eigenvalue weighted by molar-refractivity contribution is 5.99. The molecule has 1 heterocycles. The van der Waals surface area contributed by atoms with Crippen LogP contribution in [0.3, 0.4) is 0 Å². The van der Waals surface area contributed by atoms with Crippen LogP contribution in [0.25, 0.3) is 0 Å². The molecular weight excluding hydrogens is 342 g/mol. The highest BCUT2D eigenvalue weighted by atomic mass is 16.5. The maximum Gasteiger partial charge on any atom is 0.251 e. The van der Waals surface area contributed by atoms with Crippen LogP contribution in [0.15, 0.2) is 79.0 Å². The van der Waals surface area contributed by atoms with E-state index in [0.717, 1.165) is 5.56 Å². The first-order valence-electron chi connectivity index (χ1n) is 8.46. The van der Waals surface area contributed by atoms with Gasteiger partial charge in [0.1, 0.15) is 6.61 Å². The number of ether oxygens (including phenoxy) is 1. The average Bonchev–Trinajstić information content (AvgIpc) is 2.73. The number of nitrogens with one attached hydrogen (secondary N) is 2. The van der Waals surface area contributed by atoms with Crippen LogP contribution in [-0.2, 0) is 11.4 Å². The lowest BCUT2D eigenvalue weighted by molar-refractivity contribution is -0.115. The Morgan fingerprint density at radius 1 is 0.889 bits per heavy atom. The minimum atomic E-state index is -0.334. The van der Waals surface area contributed by atoms with Crippen molar-refractivity contribution in [3.63, 3.8) is 0 Å². The number of aromatic nitrogens is 1. The number of nitrogens with zero attached hydrogens (tertiary/aromatic N) is 1. The summed E-state index contributed by atoms with van der Waals surface area (Å²) in [7, 11) is 0. The zero-order valence-corrected chi connectivity index (χ0v) is 14.6. The van der Waals surface area contributed by atoms with Gasteiger partial charge in [0.15, 0.2) is 0 Å². The molecular formula is C21H19N3O3. The van der Waals surface area contributed by atoms with Crippen molar-refractivity contribution in [3.8, 4) is 5.88 Å². The van der Waals surface area contributed by atoms with Gasteiger partial charge in [0.05, 0.1) is 18.4 Å². The lowest BCUT2D eigenvalue weighted by Crippen LogP contribution is -2.32. The van der Waals surface area contributed by atoms with E-state index in [0.29, 0.717) is 23.7 Å². The van der Waals surface area contributed by atoms with Gasteiger partial charge in [0, 0.05) is 11.6 Å². The van der Waals surface area contributed by atoms with Crippen molar-refractivity contribution >= 4 is 17.5 Å². The number of carbonyl (C=O) groups excluding carboxylic acids is 2. The van der Waals surface area contributed by atoms with E-state index in [4.69, 9.17) is 4.74 Å². The fraction of sp³-hybridized carbons (Fsp3) is 0.0952. The number of carbonyl (C=O) groups is 2. The standard InChI is InChI=1S/C21H19N3O3/c25-19(14-23-21(26)17-9-5-2-6-10-17)24-18-11-12-20(22-13-18)27-15-16-7-3-1-4-8-16/h1-13H,14-15H2,(H,23,26)(H,24,25). The van der Waals surface area contributed by atoms with Crippen LogP contribution < -0.4 is 15.4 Å². The molecule has 136 valence electrons. The summed E-state index contributed by atoms with van der Waals surface area (Å²) in [5.74, 6) is -0.165. The van der Waals surface area contributed by atoms with Crippen LogP contribution in [0.2, 0.25) is 0 Å². The Bertz CT molecular complexity index is 882. The third-order valence-electron chi connectivity index (χ3n) is 3.70. The van der Waals surface area contributed by atoms with Crippen molar-refractivity contribution in [3.05, 3.63) is 90.1 Å². The molecule has 0 saturated heterocycles. The first-order valence-corrected chi connectivity index (χ1v) is 8.46. The first-order chi connectivity index (χ1) is 13.2. The Labute approximate surface area is 157 Å². The Morgan fingerprint density at radius 2 is 1.59 bits per heavy atom. The zero-order chi connectivity index (χ0) is 18.9. The SMILES string of the molecule is O=C(CNC(=O)c1ccccc1)Nc1ccc(OCc2ccccc2)nc1. The predicted molar refractivity (Wildman–Crippen MR) is 102 cm³/mol. The number of benzene rings is 2. The lowest BCUT2D eigenvalue weighted by Gasteiger charge is -2.08. The molecule has 0 atom stereocenters. The van der Waals surface area contributed by atoms with E-state index in [9.17, 15) is 9.59 Å². The molecule has 1 aromatic heterocycles. The molecule has 0 fully saturated rings. The highest BCUT2D eigenvalue weighted by Gasteiger charge is 2.08. The van der Waals surface area contributed by atoms with Gasteiger partial charge in [0.2, 0.25) is 11.8 Å². The molecule has 6 nitrogen and oxygen atoms in total. The van der Waals surface area contributed by atoms with E-state index in [1.165, 1.54) is 6.20 Å². The number of amides is 2. The molecule has 6 heteroatoms. The second kappa shape index (κ2) is 9.15. The molecule has 0 radical (unpaired) electrons. The lowest BCUT2D eigenvalue weighted by atomic mass is 10.2. The van der Waals surface area contributed by atoms with Gasteiger partial charge in [-0.15, -0.1) is 0 Å². The molecule has 2 N–H and O–H groups in total. The van der Waals surface area contributed by atoms with Crippen molar-refractivity contribution < 1.29 is 14.3 Å². The van der Waals surface area contributed by atoms with Gasteiger partial charge in [0.25, 0.3) is 5.91 Å². The first kappa shape index (κ1) is 18.1. The van der Waals surface area contributed by atoms with Crippen LogP contribution in [-0.4, -0.2) is 23.3 Å². The fourth-order valence-corrected chi connectivity index (χ4v) is 2.33. The quantitative estimate of drug-likeness (QED) is 0.678. The molecule has 0 bridgehead atoms. The minimum Gasteiger partial charge on any atom is -0.473 e. The van der Waals surface area contributed by atoms with Gasteiger partial charge in [-0.2, -0.15) is 0 Å². The van der Waals surface area contributed by atoms with E-state index in [2.05, 4.69) is 15.6 Å². The van der Waals surface area contributed by atoms with Crippen molar-refractivity contribution in [2.75, 3.05) is 11.9 Å². The smallest absolute Gasteiger partial charge is 0.251 e. The van der Waals surface area contributed by atoms with E-state index >= 15 is 0 Å². The molecule has 0 spiro atoms. The minimum absolute atomic E-state index is 0.125. The van der Waals surface area contributed by atoms with E-state index in [1.54, 1.807) is 36.4 Å². The molecule has 0 aliphatic heterocycles. The van der Waals surface area contributed by atoms with Crippen LogP contribution in [0, 0.1) is 0 Å². The van der Waals surface area contributed by atoms with Gasteiger partial charge >= 0.3 is 0 Å². The van der Waals surface area contributed by atoms with Crippen LogP contribution in [0.5, 0.6) is 5.88 Å². The summed E-state index contributed by atoms with van der Waals surface area (Å²) in [5.41, 5.74) is 2.08. The van der Waals surface area contributed by atoms with Crippen molar-refractivity contribution in [2.24, 2.45) is 0 Å². The number of anilines is 1. The van der Waals surface area contributed by atoms with Crippen LogP contribution in [0.1, 0.15) is 15.9 Å². The summed E-state index contributed by atoms with van der Waals surface area (Å²) in [6, 6.07) is 21.9. The molecule has 0 saturated carbocycles. The molecule has 0 aliphatic rings. The third kappa shape index (κ3) is 5.67. The summed E-state index contributed by atoms with van der Waals surface area (Å²) in [6.07, 6.45) is 1.51. The van der Waals surface area contributed by atoms with Crippen LogP contribution >= 0.6 is 0 Å². The average molecular weight is 361 g/mol. The second-order valence-electron chi connectivity index (χ2n) is 5.76. The molecule has 2 amide bonds. The Morgan fingerprint density at radius 3 is 2.26 bits per heavy atom. The fourth-order valence-electron chi connectivity index (χ4n) is 2.33. The van der Waals surface area contributed by atoms with Crippen molar-refractivity contribution in [1.82, 2.24) is 10.3 Å². The monoisotopic (exact) mass is 361 g/mol. The highest BCUT2D eigenvalue weighted by Crippen LogP contribution is 2.13. The van der Waals surface area contributed by atoms with Crippen LogP contribution in [0.4, 0.5) is 5.69 Å². The number of hydrogen-bond acceptors (Lipinski definition) is 4. The van der Waals surface area contributed by atoms with E-state index < -0.39 is 0 Å². The van der Waals surface area contributed by atoms with Crippen molar-refractivity contribution in [1.29, 1.82) is 0 Å². The van der Waals surface area contributed by atoms with Gasteiger partial charge in [-0.3, -0.25) is 9.59 Å². The maximum absolute atomic E-state index is 12.0. The Kier molecular flexibility index (Phi) is 6.14. The predicted octanol–water partition coefficient (Wildman–Crippen LogP) is 3.03. The van der Waals surface area contributed by atoms with E-state index in [-0.39, 0.29) is 18.4 Å². The summed E-state index contributed by atoms with van der Waals surface area (Å²) in [6.45, 7) is 0.297. The summed E-state index contributed by atoms with van der Waals surface area (Å²) < 4.78 is 5.60. The summed E-state index contributed by atoms with van der Waals surface area (Å²) in [5, 5.41) is 5.25. The van der Waals surface area contributed by atoms with Gasteiger partial charge in [-0.05, 0) is 23.8 Å². The third-order valence-corrected chi connectivity index (χ3v) is 3.70.